The molecule has 0 saturated carbocycles. The lowest BCUT2D eigenvalue weighted by Gasteiger charge is -2.28. The average Bonchev–Trinajstić information content (AvgIpc) is 2.83. The molecule has 0 radical (unpaired) electrons. The lowest BCUT2D eigenvalue weighted by molar-refractivity contribution is 0.122. The Kier molecular flexibility index (Phi) is 6.99. The summed E-state index contributed by atoms with van der Waals surface area (Å²) in [7, 11) is -3.60. The van der Waals surface area contributed by atoms with Crippen LogP contribution >= 0.6 is 0 Å². The van der Waals surface area contributed by atoms with Crippen molar-refractivity contribution in [2.24, 2.45) is 0 Å². The molecule has 2 heterocycles. The van der Waals surface area contributed by atoms with E-state index in [4.69, 9.17) is 4.74 Å². The molecule has 4 rings (SSSR count). The maximum Gasteiger partial charge on any atom is 0.240 e. The van der Waals surface area contributed by atoms with E-state index >= 15 is 0 Å². The minimum absolute atomic E-state index is 0.215. The fourth-order valence-corrected chi connectivity index (χ4v) is 4.52. The Morgan fingerprint density at radius 2 is 1.62 bits per heavy atom. The first-order chi connectivity index (χ1) is 15.5. The molecule has 1 aliphatic heterocycles. The molecular weight excluding hydrogens is 426 g/mol. The van der Waals surface area contributed by atoms with Crippen molar-refractivity contribution in [3.63, 3.8) is 0 Å². The fraction of sp³-hybridized carbons (Fsp3) is 0.304. The molecule has 9 heteroatoms. The van der Waals surface area contributed by atoms with E-state index in [1.807, 2.05) is 55.5 Å². The second-order valence-electron chi connectivity index (χ2n) is 7.51. The fourth-order valence-electron chi connectivity index (χ4n) is 3.49. The van der Waals surface area contributed by atoms with Crippen LogP contribution in [-0.2, 0) is 14.8 Å². The van der Waals surface area contributed by atoms with E-state index < -0.39 is 10.0 Å². The molecule has 0 spiro atoms. The molecule has 0 bridgehead atoms. The van der Waals surface area contributed by atoms with Crippen molar-refractivity contribution in [3.05, 3.63) is 66.4 Å². The number of ether oxygens (including phenoxy) is 1. The predicted octanol–water partition coefficient (Wildman–Crippen LogP) is 2.68. The first-order valence-electron chi connectivity index (χ1n) is 10.6. The summed E-state index contributed by atoms with van der Waals surface area (Å²) in [6, 6.07) is 18.7. The van der Waals surface area contributed by atoms with Gasteiger partial charge < -0.3 is 15.0 Å². The Labute approximate surface area is 188 Å². The molecule has 8 nitrogen and oxygen atoms in total. The highest BCUT2D eigenvalue weighted by atomic mass is 32.2. The van der Waals surface area contributed by atoms with Gasteiger partial charge in [0, 0.05) is 37.9 Å². The molecule has 2 aromatic carbocycles. The number of hydrogen-bond donors (Lipinski definition) is 2. The van der Waals surface area contributed by atoms with E-state index in [1.165, 1.54) is 0 Å². The van der Waals surface area contributed by atoms with Gasteiger partial charge in [0.25, 0.3) is 0 Å². The van der Waals surface area contributed by atoms with Gasteiger partial charge in [0.05, 0.1) is 18.1 Å². The standard InChI is InChI=1S/C23H27N5O3S/c1-18-17-22(28-13-15-31-16-14-28)27-23(26-18)24-11-12-25-32(29,30)21-9-7-20(8-10-21)19-5-3-2-4-6-19/h2-10,17,25H,11-16H2,1H3,(H,24,26,27). The van der Waals surface area contributed by atoms with E-state index in [9.17, 15) is 8.42 Å². The first kappa shape index (κ1) is 22.2. The third-order valence-corrected chi connectivity index (χ3v) is 6.62. The third-order valence-electron chi connectivity index (χ3n) is 5.15. The minimum atomic E-state index is -3.60. The van der Waals surface area contributed by atoms with E-state index in [2.05, 4.69) is 24.9 Å². The molecular formula is C23H27N5O3S. The summed E-state index contributed by atoms with van der Waals surface area (Å²) in [4.78, 5) is 11.4. The normalized spacial score (nSPS) is 14.3. The first-order valence-corrected chi connectivity index (χ1v) is 12.1. The summed E-state index contributed by atoms with van der Waals surface area (Å²) in [6.07, 6.45) is 0. The largest absolute Gasteiger partial charge is 0.378 e. The van der Waals surface area contributed by atoms with Crippen LogP contribution in [0.15, 0.2) is 65.6 Å². The number of sulfonamides is 1. The van der Waals surface area contributed by atoms with Crippen LogP contribution in [0.1, 0.15) is 5.69 Å². The Morgan fingerprint density at radius 3 is 2.34 bits per heavy atom. The quantitative estimate of drug-likeness (QED) is 0.506. The summed E-state index contributed by atoms with van der Waals surface area (Å²) in [5.41, 5.74) is 2.87. The molecule has 1 saturated heterocycles. The van der Waals surface area contributed by atoms with Gasteiger partial charge in [-0.3, -0.25) is 0 Å². The van der Waals surface area contributed by atoms with Crippen LogP contribution in [0.25, 0.3) is 11.1 Å². The summed E-state index contributed by atoms with van der Waals surface area (Å²) >= 11 is 0. The van der Waals surface area contributed by atoms with Crippen molar-refractivity contribution in [3.8, 4) is 11.1 Å². The third kappa shape index (κ3) is 5.61. The van der Waals surface area contributed by atoms with Gasteiger partial charge in [-0.2, -0.15) is 4.98 Å². The molecule has 32 heavy (non-hydrogen) atoms. The Morgan fingerprint density at radius 1 is 0.938 bits per heavy atom. The zero-order valence-electron chi connectivity index (χ0n) is 18.0. The second kappa shape index (κ2) is 10.1. The molecule has 0 amide bonds. The van der Waals surface area contributed by atoms with Gasteiger partial charge in [-0.25, -0.2) is 18.1 Å². The molecule has 1 aliphatic rings. The topological polar surface area (TPSA) is 96.5 Å². The highest BCUT2D eigenvalue weighted by molar-refractivity contribution is 7.89. The van der Waals surface area contributed by atoms with Crippen molar-refractivity contribution in [1.29, 1.82) is 0 Å². The highest BCUT2D eigenvalue weighted by Gasteiger charge is 2.15. The van der Waals surface area contributed by atoms with Gasteiger partial charge >= 0.3 is 0 Å². The second-order valence-corrected chi connectivity index (χ2v) is 9.27. The monoisotopic (exact) mass is 453 g/mol. The minimum Gasteiger partial charge on any atom is -0.378 e. The molecule has 0 atom stereocenters. The van der Waals surface area contributed by atoms with Crippen LogP contribution < -0.4 is 14.9 Å². The molecule has 0 unspecified atom stereocenters. The van der Waals surface area contributed by atoms with Gasteiger partial charge in [-0.1, -0.05) is 42.5 Å². The van der Waals surface area contributed by atoms with E-state index in [0.717, 1.165) is 35.7 Å². The highest BCUT2D eigenvalue weighted by Crippen LogP contribution is 2.21. The van der Waals surface area contributed by atoms with Crippen LogP contribution in [0.2, 0.25) is 0 Å². The maximum atomic E-state index is 12.6. The van der Waals surface area contributed by atoms with Gasteiger partial charge in [0.15, 0.2) is 0 Å². The Bertz CT molecular complexity index is 1130. The summed E-state index contributed by atoms with van der Waals surface area (Å²) in [6.45, 7) is 5.44. The number of aryl methyl sites for hydroxylation is 1. The summed E-state index contributed by atoms with van der Waals surface area (Å²) < 4.78 is 33.3. The van der Waals surface area contributed by atoms with Crippen LogP contribution in [0.5, 0.6) is 0 Å². The van der Waals surface area contributed by atoms with E-state index in [-0.39, 0.29) is 11.4 Å². The van der Waals surface area contributed by atoms with Gasteiger partial charge in [-0.15, -0.1) is 0 Å². The van der Waals surface area contributed by atoms with Crippen molar-refractivity contribution in [2.75, 3.05) is 49.6 Å². The number of morpholine rings is 1. The van der Waals surface area contributed by atoms with Crippen molar-refractivity contribution in [2.45, 2.75) is 11.8 Å². The lowest BCUT2D eigenvalue weighted by Crippen LogP contribution is -2.37. The number of hydrogen-bond acceptors (Lipinski definition) is 7. The van der Waals surface area contributed by atoms with Gasteiger partial charge in [0.2, 0.25) is 16.0 Å². The zero-order valence-corrected chi connectivity index (χ0v) is 18.8. The van der Waals surface area contributed by atoms with E-state index in [1.54, 1.807) is 12.1 Å². The van der Waals surface area contributed by atoms with Crippen LogP contribution in [0, 0.1) is 6.92 Å². The van der Waals surface area contributed by atoms with Crippen LogP contribution in [0.4, 0.5) is 11.8 Å². The molecule has 2 N–H and O–H groups in total. The van der Waals surface area contributed by atoms with Crippen molar-refractivity contribution < 1.29 is 13.2 Å². The summed E-state index contributed by atoms with van der Waals surface area (Å²) in [5.74, 6) is 1.33. The summed E-state index contributed by atoms with van der Waals surface area (Å²) in [5, 5.41) is 3.11. The SMILES string of the molecule is Cc1cc(N2CCOCC2)nc(NCCNS(=O)(=O)c2ccc(-c3ccccc3)cc2)n1. The van der Waals surface area contributed by atoms with Gasteiger partial charge in [0.1, 0.15) is 5.82 Å². The Hall–Kier alpha value is -3.01. The molecule has 1 fully saturated rings. The smallest absolute Gasteiger partial charge is 0.240 e. The maximum absolute atomic E-state index is 12.6. The number of anilines is 2. The van der Waals surface area contributed by atoms with Crippen molar-refractivity contribution in [1.82, 2.24) is 14.7 Å². The average molecular weight is 454 g/mol. The predicted molar refractivity (Wildman–Crippen MR) is 125 cm³/mol. The number of nitrogens with one attached hydrogen (secondary N) is 2. The van der Waals surface area contributed by atoms with Crippen LogP contribution in [-0.4, -0.2) is 57.8 Å². The number of rotatable bonds is 8. The zero-order chi connectivity index (χ0) is 22.4. The van der Waals surface area contributed by atoms with Crippen LogP contribution in [0.3, 0.4) is 0 Å². The Balaban J connectivity index is 1.32. The molecule has 0 aliphatic carbocycles. The molecule has 1 aromatic heterocycles. The van der Waals surface area contributed by atoms with Crippen molar-refractivity contribution >= 4 is 21.8 Å². The lowest BCUT2D eigenvalue weighted by atomic mass is 10.1. The molecule has 168 valence electrons. The number of aromatic nitrogens is 2. The number of nitrogens with zero attached hydrogens (tertiary/aromatic N) is 3. The number of benzene rings is 2. The molecule has 3 aromatic rings. The van der Waals surface area contributed by atoms with E-state index in [0.29, 0.717) is 25.7 Å². The van der Waals surface area contributed by atoms with Gasteiger partial charge in [-0.05, 0) is 30.2 Å².